The monoisotopic (exact) mass is 288 g/mol. The van der Waals surface area contributed by atoms with Crippen molar-refractivity contribution < 1.29 is 19.4 Å². The Morgan fingerprint density at radius 2 is 2.05 bits per heavy atom. The van der Waals surface area contributed by atoms with E-state index in [2.05, 4.69) is 10.3 Å². The fraction of sp³-hybridized carbons (Fsp3) is 0.333. The Kier molecular flexibility index (Phi) is 3.29. The van der Waals surface area contributed by atoms with Crippen LogP contribution in [-0.2, 0) is 4.79 Å². The van der Waals surface area contributed by atoms with Crippen molar-refractivity contribution in [2.24, 2.45) is 5.92 Å². The molecular weight excluding hydrogens is 272 g/mol. The summed E-state index contributed by atoms with van der Waals surface area (Å²) in [6.07, 6.45) is 1.64. The maximum atomic E-state index is 11.3. The van der Waals surface area contributed by atoms with Gasteiger partial charge in [0.25, 0.3) is 0 Å². The van der Waals surface area contributed by atoms with Crippen molar-refractivity contribution in [2.75, 3.05) is 12.1 Å². The zero-order valence-corrected chi connectivity index (χ0v) is 11.8. The predicted molar refractivity (Wildman–Crippen MR) is 77.8 cm³/mol. The molecule has 21 heavy (non-hydrogen) atoms. The number of nitrogens with one attached hydrogen (secondary N) is 1. The number of rotatable bonds is 4. The van der Waals surface area contributed by atoms with Crippen LogP contribution in [0.4, 0.5) is 5.82 Å². The van der Waals surface area contributed by atoms with Crippen LogP contribution in [0.25, 0.3) is 10.8 Å². The van der Waals surface area contributed by atoms with Crippen molar-refractivity contribution in [3.63, 3.8) is 0 Å². The Labute approximate surface area is 121 Å². The van der Waals surface area contributed by atoms with Crippen LogP contribution >= 0.6 is 0 Å². The van der Waals surface area contributed by atoms with E-state index >= 15 is 0 Å². The van der Waals surface area contributed by atoms with E-state index in [-0.39, 0.29) is 12.7 Å². The van der Waals surface area contributed by atoms with E-state index in [0.29, 0.717) is 17.3 Å². The van der Waals surface area contributed by atoms with Crippen molar-refractivity contribution in [3.05, 3.63) is 24.4 Å². The molecule has 110 valence electrons. The summed E-state index contributed by atoms with van der Waals surface area (Å²) < 4.78 is 10.7. The Morgan fingerprint density at radius 1 is 1.33 bits per heavy atom. The van der Waals surface area contributed by atoms with Crippen molar-refractivity contribution in [1.29, 1.82) is 0 Å². The van der Waals surface area contributed by atoms with Crippen LogP contribution in [0.3, 0.4) is 0 Å². The first-order valence-corrected chi connectivity index (χ1v) is 6.74. The number of hydrogen-bond donors (Lipinski definition) is 2. The summed E-state index contributed by atoms with van der Waals surface area (Å²) in [6, 6.07) is 4.85. The second-order valence-corrected chi connectivity index (χ2v) is 5.29. The van der Waals surface area contributed by atoms with Gasteiger partial charge in [-0.1, -0.05) is 13.8 Å². The van der Waals surface area contributed by atoms with Gasteiger partial charge in [-0.2, -0.15) is 0 Å². The number of ether oxygens (including phenoxy) is 2. The molecule has 0 fully saturated rings. The minimum absolute atomic E-state index is 0.0615. The third-order valence-electron chi connectivity index (χ3n) is 3.48. The smallest absolute Gasteiger partial charge is 0.326 e. The number of pyridine rings is 1. The number of carboxylic acid groups (broad SMARTS) is 1. The standard InChI is InChI=1S/C15H16N2O4/c1-8(2)13(15(18)19)17-14-10-6-12-11(20-7-21-12)5-9(10)3-4-16-14/h3-6,8,13H,7H2,1-2H3,(H,16,17)(H,18,19). The molecular formula is C15H16N2O4. The molecule has 0 spiro atoms. The molecule has 1 aliphatic rings. The molecule has 0 amide bonds. The highest BCUT2D eigenvalue weighted by Gasteiger charge is 2.23. The van der Waals surface area contributed by atoms with Crippen molar-refractivity contribution in [2.45, 2.75) is 19.9 Å². The average Bonchev–Trinajstić information content (AvgIpc) is 2.88. The molecule has 0 saturated carbocycles. The second-order valence-electron chi connectivity index (χ2n) is 5.29. The van der Waals surface area contributed by atoms with E-state index in [9.17, 15) is 9.90 Å². The van der Waals surface area contributed by atoms with Crippen molar-refractivity contribution in [3.8, 4) is 11.5 Å². The molecule has 3 rings (SSSR count). The quantitative estimate of drug-likeness (QED) is 0.899. The average molecular weight is 288 g/mol. The normalized spacial score (nSPS) is 14.4. The molecule has 6 nitrogen and oxygen atoms in total. The summed E-state index contributed by atoms with van der Waals surface area (Å²) in [7, 11) is 0. The Morgan fingerprint density at radius 3 is 2.71 bits per heavy atom. The summed E-state index contributed by atoms with van der Waals surface area (Å²) in [5.41, 5.74) is 0. The molecule has 1 atom stereocenters. The summed E-state index contributed by atoms with van der Waals surface area (Å²) in [5, 5.41) is 14.0. The number of hydrogen-bond acceptors (Lipinski definition) is 5. The maximum absolute atomic E-state index is 11.3. The SMILES string of the molecule is CC(C)C(Nc1nccc2cc3c(cc12)OCO3)C(=O)O. The molecule has 6 heteroatoms. The number of anilines is 1. The van der Waals surface area contributed by atoms with E-state index in [1.165, 1.54) is 0 Å². The number of aliphatic carboxylic acids is 1. The fourth-order valence-electron chi connectivity index (χ4n) is 2.34. The van der Waals surface area contributed by atoms with Crippen LogP contribution in [0.1, 0.15) is 13.8 Å². The van der Waals surface area contributed by atoms with Gasteiger partial charge in [0.05, 0.1) is 0 Å². The summed E-state index contributed by atoms with van der Waals surface area (Å²) in [4.78, 5) is 15.6. The van der Waals surface area contributed by atoms with Crippen LogP contribution in [0.15, 0.2) is 24.4 Å². The first kappa shape index (κ1) is 13.5. The molecule has 2 N–H and O–H groups in total. The zero-order valence-electron chi connectivity index (χ0n) is 11.8. The number of aromatic nitrogens is 1. The lowest BCUT2D eigenvalue weighted by molar-refractivity contribution is -0.138. The van der Waals surface area contributed by atoms with Crippen molar-refractivity contribution >= 4 is 22.6 Å². The van der Waals surface area contributed by atoms with Crippen LogP contribution in [-0.4, -0.2) is 28.9 Å². The molecule has 1 aliphatic heterocycles. The van der Waals surface area contributed by atoms with Gasteiger partial charge in [-0.25, -0.2) is 9.78 Å². The van der Waals surface area contributed by atoms with Gasteiger partial charge in [0.15, 0.2) is 11.5 Å². The van der Waals surface area contributed by atoms with Gasteiger partial charge in [0.1, 0.15) is 11.9 Å². The molecule has 2 aromatic rings. The number of benzene rings is 1. The minimum atomic E-state index is -0.899. The van der Waals surface area contributed by atoms with Gasteiger partial charge in [-0.3, -0.25) is 0 Å². The Balaban J connectivity index is 2.04. The summed E-state index contributed by atoms with van der Waals surface area (Å²) in [6.45, 7) is 3.91. The number of nitrogens with zero attached hydrogens (tertiary/aromatic N) is 1. The molecule has 0 aliphatic carbocycles. The highest BCUT2D eigenvalue weighted by molar-refractivity contribution is 5.95. The molecule has 1 aromatic carbocycles. The number of carboxylic acids is 1. The van der Waals surface area contributed by atoms with Crippen LogP contribution in [0, 0.1) is 5.92 Å². The van der Waals surface area contributed by atoms with Gasteiger partial charge in [0, 0.05) is 11.6 Å². The van der Waals surface area contributed by atoms with Gasteiger partial charge < -0.3 is 19.9 Å². The van der Waals surface area contributed by atoms with Crippen molar-refractivity contribution in [1.82, 2.24) is 4.98 Å². The highest BCUT2D eigenvalue weighted by Crippen LogP contribution is 2.38. The van der Waals surface area contributed by atoms with Gasteiger partial charge in [0.2, 0.25) is 6.79 Å². The van der Waals surface area contributed by atoms with Crippen LogP contribution in [0.2, 0.25) is 0 Å². The summed E-state index contributed by atoms with van der Waals surface area (Å²) in [5.74, 6) is 0.915. The highest BCUT2D eigenvalue weighted by atomic mass is 16.7. The minimum Gasteiger partial charge on any atom is -0.480 e. The molecule has 0 saturated heterocycles. The topological polar surface area (TPSA) is 80.7 Å². The van der Waals surface area contributed by atoms with Gasteiger partial charge in [-0.05, 0) is 29.5 Å². The van der Waals surface area contributed by atoms with Gasteiger partial charge >= 0.3 is 5.97 Å². The molecule has 1 aromatic heterocycles. The lowest BCUT2D eigenvalue weighted by Gasteiger charge is -2.19. The van der Waals surface area contributed by atoms with Gasteiger partial charge in [-0.15, -0.1) is 0 Å². The van der Waals surface area contributed by atoms with E-state index in [0.717, 1.165) is 10.8 Å². The van der Waals surface area contributed by atoms with Crippen LogP contribution in [0.5, 0.6) is 11.5 Å². The van der Waals surface area contributed by atoms with Crippen LogP contribution < -0.4 is 14.8 Å². The zero-order chi connectivity index (χ0) is 15.0. The molecule has 0 bridgehead atoms. The largest absolute Gasteiger partial charge is 0.480 e. The first-order chi connectivity index (χ1) is 10.1. The number of fused-ring (bicyclic) bond motifs is 2. The molecule has 0 radical (unpaired) electrons. The van der Waals surface area contributed by atoms with E-state index < -0.39 is 12.0 Å². The first-order valence-electron chi connectivity index (χ1n) is 6.74. The molecule has 2 heterocycles. The Bertz CT molecular complexity index is 699. The van der Waals surface area contributed by atoms with E-state index in [1.807, 2.05) is 32.0 Å². The Hall–Kier alpha value is -2.50. The summed E-state index contributed by atoms with van der Waals surface area (Å²) >= 11 is 0. The van der Waals surface area contributed by atoms with E-state index in [4.69, 9.17) is 9.47 Å². The molecule has 1 unspecified atom stereocenters. The third-order valence-corrected chi connectivity index (χ3v) is 3.48. The number of carbonyl (C=O) groups is 1. The maximum Gasteiger partial charge on any atom is 0.326 e. The fourth-order valence-corrected chi connectivity index (χ4v) is 2.34. The lowest BCUT2D eigenvalue weighted by Crippen LogP contribution is -2.34. The lowest BCUT2D eigenvalue weighted by atomic mass is 10.0. The third kappa shape index (κ3) is 2.44. The predicted octanol–water partition coefficient (Wildman–Crippen LogP) is 2.48. The van der Waals surface area contributed by atoms with E-state index in [1.54, 1.807) is 6.20 Å². The second kappa shape index (κ2) is 5.12.